The summed E-state index contributed by atoms with van der Waals surface area (Å²) in [7, 11) is 0.439. The normalized spacial score (nSPS) is 18.0. The fraction of sp³-hybridized carbons (Fsp3) is 0.467. The number of hydrogen-bond acceptors (Lipinski definition) is 5. The molecule has 4 aromatic rings. The summed E-state index contributed by atoms with van der Waals surface area (Å²) in [6.45, 7) is 7.47. The standard InChI is InChI=1S/C30H35F2N5O3Si/c1-35-18-33-34-28(35)29(16-30(31,32)17-29)21-6-5-7-22(12-21)36-14-25(20-8-9-20)24-13-23(15-38)37(26(24)27(36)39)19-40-10-11-41(2,3)4/h5-7,12-15,18,20H,8-11,16-17,19H2,1-4H3. The van der Waals surface area contributed by atoms with E-state index in [4.69, 9.17) is 4.74 Å². The molecule has 2 saturated carbocycles. The smallest absolute Gasteiger partial charge is 0.279 e. The van der Waals surface area contributed by atoms with Crippen molar-refractivity contribution in [3.05, 3.63) is 75.9 Å². The van der Waals surface area contributed by atoms with E-state index in [-0.39, 0.29) is 25.1 Å². The Morgan fingerprint density at radius 1 is 1.17 bits per heavy atom. The molecule has 216 valence electrons. The molecule has 0 bridgehead atoms. The number of aldehydes is 1. The molecule has 3 aromatic heterocycles. The van der Waals surface area contributed by atoms with Gasteiger partial charge in [0.25, 0.3) is 11.5 Å². The number of fused-ring (bicyclic) bond motifs is 1. The van der Waals surface area contributed by atoms with Crippen molar-refractivity contribution in [1.29, 1.82) is 0 Å². The number of alkyl halides is 2. The summed E-state index contributed by atoms with van der Waals surface area (Å²) in [6.07, 6.45) is 5.40. The van der Waals surface area contributed by atoms with Gasteiger partial charge >= 0.3 is 0 Å². The summed E-state index contributed by atoms with van der Waals surface area (Å²) in [5.74, 6) is -2.04. The fourth-order valence-electron chi connectivity index (χ4n) is 6.08. The molecule has 2 aliphatic carbocycles. The summed E-state index contributed by atoms with van der Waals surface area (Å²) in [4.78, 5) is 26.2. The van der Waals surface area contributed by atoms with Crippen LogP contribution in [0.5, 0.6) is 0 Å². The van der Waals surface area contributed by atoms with E-state index in [9.17, 15) is 18.4 Å². The second kappa shape index (κ2) is 9.83. The van der Waals surface area contributed by atoms with E-state index >= 15 is 0 Å². The van der Waals surface area contributed by atoms with Gasteiger partial charge in [0.05, 0.1) is 11.1 Å². The molecule has 0 aliphatic heterocycles. The number of hydrogen-bond donors (Lipinski definition) is 0. The van der Waals surface area contributed by atoms with Crippen molar-refractivity contribution in [1.82, 2.24) is 23.9 Å². The maximum Gasteiger partial charge on any atom is 0.279 e. The molecular formula is C30H35F2N5O3Si. The molecule has 8 nitrogen and oxygen atoms in total. The van der Waals surface area contributed by atoms with E-state index in [2.05, 4.69) is 29.8 Å². The number of aromatic nitrogens is 5. The van der Waals surface area contributed by atoms with E-state index in [0.717, 1.165) is 36.1 Å². The van der Waals surface area contributed by atoms with Crippen LogP contribution < -0.4 is 5.56 Å². The van der Waals surface area contributed by atoms with Gasteiger partial charge in [0.2, 0.25) is 0 Å². The van der Waals surface area contributed by atoms with E-state index in [1.807, 2.05) is 24.4 Å². The lowest BCUT2D eigenvalue weighted by molar-refractivity contribution is -0.116. The minimum atomic E-state index is -2.81. The van der Waals surface area contributed by atoms with Crippen LogP contribution in [0.3, 0.4) is 0 Å². The zero-order valence-electron chi connectivity index (χ0n) is 23.9. The van der Waals surface area contributed by atoms with Gasteiger partial charge in [0.1, 0.15) is 24.4 Å². The van der Waals surface area contributed by atoms with E-state index in [0.29, 0.717) is 40.8 Å². The average molecular weight is 580 g/mol. The lowest BCUT2D eigenvalue weighted by Crippen LogP contribution is -2.51. The minimum Gasteiger partial charge on any atom is -0.361 e. The number of rotatable bonds is 10. The highest BCUT2D eigenvalue weighted by Crippen LogP contribution is 2.56. The molecule has 0 radical (unpaired) electrons. The molecule has 0 spiro atoms. The van der Waals surface area contributed by atoms with Crippen molar-refractivity contribution < 1.29 is 18.3 Å². The first-order valence-electron chi connectivity index (χ1n) is 14.1. The highest BCUT2D eigenvalue weighted by atomic mass is 28.3. The van der Waals surface area contributed by atoms with Crippen molar-refractivity contribution in [3.63, 3.8) is 0 Å². The van der Waals surface area contributed by atoms with Gasteiger partial charge in [0, 0.05) is 51.8 Å². The molecule has 0 atom stereocenters. The van der Waals surface area contributed by atoms with Crippen LogP contribution in [0.25, 0.3) is 16.6 Å². The van der Waals surface area contributed by atoms with Crippen molar-refractivity contribution in [2.45, 2.75) is 75.4 Å². The van der Waals surface area contributed by atoms with Crippen molar-refractivity contribution >= 4 is 25.3 Å². The van der Waals surface area contributed by atoms with Gasteiger partial charge in [-0.15, -0.1) is 10.2 Å². The van der Waals surface area contributed by atoms with Crippen LogP contribution in [0.15, 0.2) is 47.7 Å². The number of nitrogens with zero attached hydrogens (tertiary/aromatic N) is 5. The number of carbonyl (C=O) groups excluding carboxylic acids is 1. The third-order valence-corrected chi connectivity index (χ3v) is 10.1. The SMILES string of the molecule is Cn1cnnc1C1(c2cccc(-n3cc(C4CC4)c4cc(C=O)n(COCC[Si](C)(C)C)c4c3=O)c2)CC(F)(F)C1. The van der Waals surface area contributed by atoms with Crippen LogP contribution in [-0.4, -0.2) is 50.8 Å². The molecule has 3 heterocycles. The third-order valence-electron chi connectivity index (χ3n) is 8.42. The second-order valence-electron chi connectivity index (χ2n) is 12.9. The Balaban J connectivity index is 1.46. The molecule has 0 unspecified atom stereocenters. The first kappa shape index (κ1) is 27.7. The van der Waals surface area contributed by atoms with Crippen LogP contribution in [0.2, 0.25) is 25.7 Å². The Labute approximate surface area is 238 Å². The van der Waals surface area contributed by atoms with E-state index in [1.54, 1.807) is 32.9 Å². The van der Waals surface area contributed by atoms with E-state index < -0.39 is 19.4 Å². The Morgan fingerprint density at radius 2 is 1.93 bits per heavy atom. The summed E-state index contributed by atoms with van der Waals surface area (Å²) in [5.41, 5.74) is 1.78. The fourth-order valence-corrected chi connectivity index (χ4v) is 6.83. The highest BCUT2D eigenvalue weighted by Gasteiger charge is 2.60. The van der Waals surface area contributed by atoms with Gasteiger partial charge in [-0.2, -0.15) is 0 Å². The molecule has 0 amide bonds. The maximum absolute atomic E-state index is 14.4. The molecule has 11 heteroatoms. The summed E-state index contributed by atoms with van der Waals surface area (Å²) < 4.78 is 39.7. The molecule has 0 saturated heterocycles. The van der Waals surface area contributed by atoms with Gasteiger partial charge in [-0.05, 0) is 54.1 Å². The van der Waals surface area contributed by atoms with Gasteiger partial charge in [-0.25, -0.2) is 8.78 Å². The predicted molar refractivity (Wildman–Crippen MR) is 155 cm³/mol. The van der Waals surface area contributed by atoms with Crippen LogP contribution in [0.4, 0.5) is 8.78 Å². The van der Waals surface area contributed by atoms with Crippen molar-refractivity contribution in [3.8, 4) is 5.69 Å². The predicted octanol–water partition coefficient (Wildman–Crippen LogP) is 5.64. The van der Waals surface area contributed by atoms with E-state index in [1.165, 1.54) is 6.33 Å². The molecule has 41 heavy (non-hydrogen) atoms. The van der Waals surface area contributed by atoms with Crippen molar-refractivity contribution in [2.75, 3.05) is 6.61 Å². The quantitative estimate of drug-likeness (QED) is 0.138. The third kappa shape index (κ3) is 4.99. The zero-order chi connectivity index (χ0) is 29.2. The Bertz CT molecular complexity index is 1690. The molecule has 6 rings (SSSR count). The Morgan fingerprint density at radius 3 is 2.54 bits per heavy atom. The number of halogens is 2. The number of aryl methyl sites for hydroxylation is 1. The van der Waals surface area contributed by atoms with Gasteiger partial charge in [0.15, 0.2) is 6.29 Å². The molecule has 2 aliphatic rings. The summed E-state index contributed by atoms with van der Waals surface area (Å²) in [5, 5.41) is 8.91. The Kier molecular flexibility index (Phi) is 6.65. The molecular weight excluding hydrogens is 544 g/mol. The summed E-state index contributed by atoms with van der Waals surface area (Å²) >= 11 is 0. The zero-order valence-corrected chi connectivity index (χ0v) is 24.9. The lowest BCUT2D eigenvalue weighted by atomic mass is 9.61. The lowest BCUT2D eigenvalue weighted by Gasteiger charge is -2.46. The number of carbonyl (C=O) groups is 1. The van der Waals surface area contributed by atoms with Crippen molar-refractivity contribution in [2.24, 2.45) is 7.05 Å². The second-order valence-corrected chi connectivity index (χ2v) is 18.5. The maximum atomic E-state index is 14.4. The van der Waals surface area contributed by atoms with Crippen LogP contribution in [0.1, 0.15) is 59.0 Å². The van der Waals surface area contributed by atoms with Crippen LogP contribution >= 0.6 is 0 Å². The monoisotopic (exact) mass is 579 g/mol. The largest absolute Gasteiger partial charge is 0.361 e. The first-order chi connectivity index (χ1) is 19.4. The molecule has 2 fully saturated rings. The number of benzene rings is 1. The number of ether oxygens (including phenoxy) is 1. The van der Waals surface area contributed by atoms with Gasteiger partial charge in [-0.1, -0.05) is 31.8 Å². The highest BCUT2D eigenvalue weighted by molar-refractivity contribution is 6.76. The van der Waals surface area contributed by atoms with Crippen LogP contribution in [-0.2, 0) is 23.9 Å². The number of pyridine rings is 1. The van der Waals surface area contributed by atoms with Gasteiger partial charge < -0.3 is 13.9 Å². The average Bonchev–Trinajstić information content (AvgIpc) is 3.54. The van der Waals surface area contributed by atoms with Crippen LogP contribution in [0, 0.1) is 0 Å². The minimum absolute atomic E-state index is 0.107. The topological polar surface area (TPSA) is 83.9 Å². The molecule has 0 N–H and O–H groups in total. The Hall–Kier alpha value is -3.44. The van der Waals surface area contributed by atoms with Gasteiger partial charge in [-0.3, -0.25) is 14.2 Å². The molecule has 1 aromatic carbocycles. The summed E-state index contributed by atoms with van der Waals surface area (Å²) in [6, 6.07) is 10.00. The first-order valence-corrected chi connectivity index (χ1v) is 17.8.